The number of nitrogens with one attached hydrogen (secondary N) is 1. The first kappa shape index (κ1) is 20.0. The van der Waals surface area contributed by atoms with Crippen molar-refractivity contribution < 1.29 is 17.6 Å². The molecule has 140 valence electrons. The average molecular weight is 379 g/mol. The van der Waals surface area contributed by atoms with E-state index >= 15 is 0 Å². The molecule has 0 radical (unpaired) electrons. The van der Waals surface area contributed by atoms with E-state index in [4.69, 9.17) is 5.14 Å². The van der Waals surface area contributed by atoms with Gasteiger partial charge in [-0.05, 0) is 49.4 Å². The Morgan fingerprint density at radius 2 is 1.92 bits per heavy atom. The van der Waals surface area contributed by atoms with Crippen LogP contribution in [0.3, 0.4) is 0 Å². The van der Waals surface area contributed by atoms with Gasteiger partial charge < -0.3 is 5.32 Å². The van der Waals surface area contributed by atoms with Crippen LogP contribution in [-0.2, 0) is 21.4 Å². The molecule has 0 saturated carbocycles. The van der Waals surface area contributed by atoms with Gasteiger partial charge in [0.05, 0.1) is 10.9 Å². The van der Waals surface area contributed by atoms with Gasteiger partial charge in [0.1, 0.15) is 5.82 Å². The van der Waals surface area contributed by atoms with E-state index in [1.54, 1.807) is 25.1 Å². The fourth-order valence-corrected chi connectivity index (χ4v) is 3.12. The molecule has 0 bridgehead atoms. The zero-order valence-corrected chi connectivity index (χ0v) is 15.5. The number of carbonyl (C=O) groups is 1. The van der Waals surface area contributed by atoms with Crippen molar-refractivity contribution in [2.45, 2.75) is 31.3 Å². The number of nitrogens with two attached hydrogens (primary N) is 1. The van der Waals surface area contributed by atoms with Gasteiger partial charge in [-0.15, -0.1) is 0 Å². The van der Waals surface area contributed by atoms with Crippen LogP contribution < -0.4 is 10.5 Å². The molecule has 2 aromatic carbocycles. The van der Waals surface area contributed by atoms with E-state index in [0.29, 0.717) is 18.8 Å². The minimum absolute atomic E-state index is 0.0740. The van der Waals surface area contributed by atoms with Gasteiger partial charge in [-0.1, -0.05) is 25.1 Å². The maximum atomic E-state index is 13.3. The van der Waals surface area contributed by atoms with E-state index in [1.807, 2.05) is 11.8 Å². The molecule has 0 aliphatic rings. The van der Waals surface area contributed by atoms with Crippen molar-refractivity contribution in [3.63, 3.8) is 0 Å². The lowest BCUT2D eigenvalue weighted by atomic mass is 10.1. The summed E-state index contributed by atoms with van der Waals surface area (Å²) in [5.41, 5.74) is 1.11. The average Bonchev–Trinajstić information content (AvgIpc) is 2.58. The highest BCUT2D eigenvalue weighted by molar-refractivity contribution is 7.89. The monoisotopic (exact) mass is 379 g/mol. The molecule has 0 saturated heterocycles. The van der Waals surface area contributed by atoms with E-state index in [-0.39, 0.29) is 16.6 Å². The number of anilines is 1. The molecule has 0 aromatic heterocycles. The first-order valence-electron chi connectivity index (χ1n) is 8.13. The minimum Gasteiger partial charge on any atom is -0.325 e. The third-order valence-corrected chi connectivity index (χ3v) is 4.95. The molecule has 26 heavy (non-hydrogen) atoms. The Balaban J connectivity index is 2.10. The second kappa shape index (κ2) is 8.39. The summed E-state index contributed by atoms with van der Waals surface area (Å²) in [5, 5.41) is 7.80. The van der Waals surface area contributed by atoms with Crippen molar-refractivity contribution in [2.24, 2.45) is 5.14 Å². The number of amides is 1. The summed E-state index contributed by atoms with van der Waals surface area (Å²) in [6.07, 6.45) is 0. The quantitative estimate of drug-likeness (QED) is 0.772. The number of hydrogen-bond acceptors (Lipinski definition) is 4. The number of benzene rings is 2. The molecular formula is C18H22FN3O3S. The fourth-order valence-electron chi connectivity index (χ4n) is 2.56. The lowest BCUT2D eigenvalue weighted by Crippen LogP contribution is -2.41. The highest BCUT2D eigenvalue weighted by atomic mass is 32.2. The second-order valence-electron chi connectivity index (χ2n) is 5.93. The Bertz CT molecular complexity index is 887. The van der Waals surface area contributed by atoms with Crippen molar-refractivity contribution in [1.29, 1.82) is 0 Å². The van der Waals surface area contributed by atoms with Gasteiger partial charge in [0.2, 0.25) is 15.9 Å². The summed E-state index contributed by atoms with van der Waals surface area (Å²) in [7, 11) is -3.84. The van der Waals surface area contributed by atoms with Crippen molar-refractivity contribution in [1.82, 2.24) is 4.90 Å². The predicted molar refractivity (Wildman–Crippen MR) is 98.4 cm³/mol. The molecule has 1 atom stereocenters. The minimum atomic E-state index is -3.84. The molecule has 6 nitrogen and oxygen atoms in total. The summed E-state index contributed by atoms with van der Waals surface area (Å²) in [6.45, 7) is 4.65. The highest BCUT2D eigenvalue weighted by Crippen LogP contribution is 2.16. The number of carbonyl (C=O) groups excluding carboxylic acids is 1. The van der Waals surface area contributed by atoms with E-state index < -0.39 is 16.1 Å². The summed E-state index contributed by atoms with van der Waals surface area (Å²) in [5.74, 6) is -0.620. The van der Waals surface area contributed by atoms with Crippen LogP contribution in [0, 0.1) is 5.82 Å². The maximum Gasteiger partial charge on any atom is 0.241 e. The molecule has 2 rings (SSSR count). The van der Waals surface area contributed by atoms with Crippen molar-refractivity contribution in [3.05, 3.63) is 59.9 Å². The number of rotatable bonds is 7. The fraction of sp³-hybridized carbons (Fsp3) is 0.278. The van der Waals surface area contributed by atoms with Crippen molar-refractivity contribution in [2.75, 3.05) is 11.9 Å². The van der Waals surface area contributed by atoms with E-state index in [2.05, 4.69) is 5.32 Å². The van der Waals surface area contributed by atoms with Crippen LogP contribution in [0.15, 0.2) is 53.4 Å². The van der Waals surface area contributed by atoms with Crippen molar-refractivity contribution >= 4 is 21.6 Å². The molecule has 8 heteroatoms. The summed E-state index contributed by atoms with van der Waals surface area (Å²) >= 11 is 0. The molecule has 1 amide bonds. The van der Waals surface area contributed by atoms with Crippen LogP contribution in [0.25, 0.3) is 0 Å². The van der Waals surface area contributed by atoms with Crippen molar-refractivity contribution in [3.8, 4) is 0 Å². The molecule has 0 aliphatic heterocycles. The Morgan fingerprint density at radius 1 is 1.23 bits per heavy atom. The lowest BCUT2D eigenvalue weighted by Gasteiger charge is -2.27. The second-order valence-corrected chi connectivity index (χ2v) is 7.49. The SMILES string of the molecule is CCN(Cc1cccc(F)c1)[C@H](C)C(=O)Nc1cccc(S(N)(=O)=O)c1. The van der Waals surface area contributed by atoms with Crippen LogP contribution in [0.5, 0.6) is 0 Å². The standard InChI is InChI=1S/C18H22FN3O3S/c1-3-22(12-14-6-4-7-15(19)10-14)13(2)18(23)21-16-8-5-9-17(11-16)26(20,24)25/h4-11,13H,3,12H2,1-2H3,(H,21,23)(H2,20,24,25)/t13-/m1/s1. The van der Waals surface area contributed by atoms with E-state index in [1.165, 1.54) is 30.3 Å². The smallest absolute Gasteiger partial charge is 0.241 e. The molecular weight excluding hydrogens is 357 g/mol. The molecule has 2 aromatic rings. The number of hydrogen-bond donors (Lipinski definition) is 2. The highest BCUT2D eigenvalue weighted by Gasteiger charge is 2.21. The Morgan fingerprint density at radius 3 is 2.54 bits per heavy atom. The molecule has 0 spiro atoms. The van der Waals surface area contributed by atoms with E-state index in [0.717, 1.165) is 5.56 Å². The third kappa shape index (κ3) is 5.35. The van der Waals surface area contributed by atoms with Gasteiger partial charge in [-0.2, -0.15) is 0 Å². The van der Waals surface area contributed by atoms with Gasteiger partial charge in [0, 0.05) is 12.2 Å². The molecule has 0 unspecified atom stereocenters. The van der Waals surface area contributed by atoms with E-state index in [9.17, 15) is 17.6 Å². The van der Waals surface area contributed by atoms with Crippen LogP contribution >= 0.6 is 0 Å². The van der Waals surface area contributed by atoms with Crippen LogP contribution in [0.4, 0.5) is 10.1 Å². The zero-order valence-electron chi connectivity index (χ0n) is 14.6. The number of sulfonamides is 1. The molecule has 0 fully saturated rings. The maximum absolute atomic E-state index is 13.3. The van der Waals surface area contributed by atoms with Gasteiger partial charge in [-0.3, -0.25) is 9.69 Å². The summed E-state index contributed by atoms with van der Waals surface area (Å²) < 4.78 is 36.2. The van der Waals surface area contributed by atoms with Crippen LogP contribution in [0.1, 0.15) is 19.4 Å². The third-order valence-electron chi connectivity index (χ3n) is 4.04. The van der Waals surface area contributed by atoms with Gasteiger partial charge in [0.15, 0.2) is 0 Å². The molecule has 0 aliphatic carbocycles. The first-order valence-corrected chi connectivity index (χ1v) is 9.67. The molecule has 3 N–H and O–H groups in total. The largest absolute Gasteiger partial charge is 0.325 e. The summed E-state index contributed by atoms with van der Waals surface area (Å²) in [6, 6.07) is 11.5. The predicted octanol–water partition coefficient (Wildman–Crippen LogP) is 2.32. The topological polar surface area (TPSA) is 92.5 Å². The lowest BCUT2D eigenvalue weighted by molar-refractivity contribution is -0.120. The Hall–Kier alpha value is -2.29. The normalized spacial score (nSPS) is 12.8. The first-order chi connectivity index (χ1) is 12.2. The van der Waals surface area contributed by atoms with Crippen LogP contribution in [0.2, 0.25) is 0 Å². The number of likely N-dealkylation sites (N-methyl/N-ethyl adjacent to an activating group) is 1. The Labute approximate surface area is 152 Å². The van der Waals surface area contributed by atoms with Gasteiger partial charge >= 0.3 is 0 Å². The van der Waals surface area contributed by atoms with Gasteiger partial charge in [-0.25, -0.2) is 17.9 Å². The Kier molecular flexibility index (Phi) is 6.47. The van der Waals surface area contributed by atoms with Crippen LogP contribution in [-0.4, -0.2) is 31.8 Å². The zero-order chi connectivity index (χ0) is 19.3. The number of primary sulfonamides is 1. The van der Waals surface area contributed by atoms with Gasteiger partial charge in [0.25, 0.3) is 0 Å². The summed E-state index contributed by atoms with van der Waals surface area (Å²) in [4.78, 5) is 14.3. The number of nitrogens with zero attached hydrogens (tertiary/aromatic N) is 1. The molecule has 0 heterocycles. The number of halogens is 1.